The molecule has 1 aromatic rings. The second-order valence-electron chi connectivity index (χ2n) is 3.64. The molecule has 0 spiro atoms. The summed E-state index contributed by atoms with van der Waals surface area (Å²) in [4.78, 5) is 6.78. The molecule has 0 radical (unpaired) electrons. The van der Waals surface area contributed by atoms with Gasteiger partial charge in [0, 0.05) is 13.1 Å². The lowest BCUT2D eigenvalue weighted by molar-refractivity contribution is 0.949. The molecule has 1 fully saturated rings. The molecule has 0 N–H and O–H groups in total. The third-order valence-corrected chi connectivity index (χ3v) is 2.58. The number of pyridine rings is 1. The molecule has 0 amide bonds. The Kier molecular flexibility index (Phi) is 2.82. The summed E-state index contributed by atoms with van der Waals surface area (Å²) >= 11 is 0. The highest BCUT2D eigenvalue weighted by Crippen LogP contribution is 2.19. The van der Waals surface area contributed by atoms with Crippen LogP contribution in [0.15, 0.2) is 24.4 Å². The fourth-order valence-corrected chi connectivity index (χ4v) is 1.83. The summed E-state index contributed by atoms with van der Waals surface area (Å²) in [6.45, 7) is 4.38. The molecule has 1 aliphatic rings. The molecule has 1 aromatic heterocycles. The van der Waals surface area contributed by atoms with Crippen molar-refractivity contribution in [3.8, 4) is 0 Å². The van der Waals surface area contributed by atoms with Gasteiger partial charge in [0.05, 0.1) is 17.6 Å². The Labute approximate surface area is 85.3 Å². The molecule has 2 nitrogen and oxygen atoms in total. The van der Waals surface area contributed by atoms with Gasteiger partial charge in [-0.3, -0.25) is 4.98 Å². The van der Waals surface area contributed by atoms with Crippen LogP contribution in [-0.2, 0) is 0 Å². The zero-order valence-electron chi connectivity index (χ0n) is 8.61. The summed E-state index contributed by atoms with van der Waals surface area (Å²) in [5.74, 6) is 0. The molecule has 0 atom stereocenters. The van der Waals surface area contributed by atoms with Crippen molar-refractivity contribution in [2.45, 2.75) is 19.8 Å². The highest BCUT2D eigenvalue weighted by molar-refractivity contribution is 5.51. The number of rotatable bonds is 2. The standard InChI is InChI=1S/C12H16N2/c1-2-5-11-6-7-12(10-13-11)14-8-3-4-9-14/h2,5-7,10H,3-4,8-9H2,1H3/b5-2+. The number of allylic oxidation sites excluding steroid dienone is 1. The van der Waals surface area contributed by atoms with Crippen LogP contribution in [0.2, 0.25) is 0 Å². The van der Waals surface area contributed by atoms with Crippen molar-refractivity contribution in [1.29, 1.82) is 0 Å². The highest BCUT2D eigenvalue weighted by atomic mass is 15.1. The minimum absolute atomic E-state index is 1.04. The molecule has 74 valence electrons. The van der Waals surface area contributed by atoms with Crippen molar-refractivity contribution in [3.05, 3.63) is 30.1 Å². The van der Waals surface area contributed by atoms with E-state index in [1.807, 2.05) is 25.3 Å². The van der Waals surface area contributed by atoms with Gasteiger partial charge in [-0.05, 0) is 38.0 Å². The maximum atomic E-state index is 4.38. The van der Waals surface area contributed by atoms with Gasteiger partial charge >= 0.3 is 0 Å². The summed E-state index contributed by atoms with van der Waals surface area (Å²) in [5.41, 5.74) is 2.30. The van der Waals surface area contributed by atoms with Gasteiger partial charge in [-0.1, -0.05) is 6.08 Å². The number of aromatic nitrogens is 1. The fourth-order valence-electron chi connectivity index (χ4n) is 1.83. The van der Waals surface area contributed by atoms with E-state index in [1.54, 1.807) is 0 Å². The van der Waals surface area contributed by atoms with Crippen molar-refractivity contribution >= 4 is 11.8 Å². The van der Waals surface area contributed by atoms with Crippen LogP contribution < -0.4 is 4.90 Å². The lowest BCUT2D eigenvalue weighted by Crippen LogP contribution is -2.17. The predicted octanol–water partition coefficient (Wildman–Crippen LogP) is 2.71. The topological polar surface area (TPSA) is 16.1 Å². The van der Waals surface area contributed by atoms with Crippen LogP contribution >= 0.6 is 0 Å². The first-order valence-electron chi connectivity index (χ1n) is 5.24. The Morgan fingerprint density at radius 2 is 2.07 bits per heavy atom. The normalized spacial score (nSPS) is 16.8. The average Bonchev–Trinajstić information content (AvgIpc) is 2.72. The Morgan fingerprint density at radius 3 is 2.64 bits per heavy atom. The Hall–Kier alpha value is -1.31. The monoisotopic (exact) mass is 188 g/mol. The van der Waals surface area contributed by atoms with Crippen molar-refractivity contribution < 1.29 is 0 Å². The van der Waals surface area contributed by atoms with Crippen molar-refractivity contribution in [2.75, 3.05) is 18.0 Å². The molecule has 0 bridgehead atoms. The number of nitrogens with zero attached hydrogens (tertiary/aromatic N) is 2. The first-order chi connectivity index (χ1) is 6.90. The summed E-state index contributed by atoms with van der Waals surface area (Å²) < 4.78 is 0. The molecular formula is C12H16N2. The van der Waals surface area contributed by atoms with Gasteiger partial charge in [0.25, 0.3) is 0 Å². The molecule has 0 aromatic carbocycles. The quantitative estimate of drug-likeness (QED) is 0.709. The van der Waals surface area contributed by atoms with Crippen LogP contribution in [-0.4, -0.2) is 18.1 Å². The van der Waals surface area contributed by atoms with E-state index in [4.69, 9.17) is 0 Å². The smallest absolute Gasteiger partial charge is 0.0628 e. The second kappa shape index (κ2) is 4.27. The molecule has 2 heterocycles. The van der Waals surface area contributed by atoms with Gasteiger partial charge in [0.15, 0.2) is 0 Å². The van der Waals surface area contributed by atoms with Crippen LogP contribution in [0.1, 0.15) is 25.5 Å². The first kappa shape index (κ1) is 9.25. The van der Waals surface area contributed by atoms with E-state index in [0.717, 1.165) is 5.69 Å². The largest absolute Gasteiger partial charge is 0.370 e. The van der Waals surface area contributed by atoms with Crippen molar-refractivity contribution in [3.63, 3.8) is 0 Å². The average molecular weight is 188 g/mol. The van der Waals surface area contributed by atoms with E-state index >= 15 is 0 Å². The maximum absolute atomic E-state index is 4.38. The molecule has 0 saturated carbocycles. The first-order valence-corrected chi connectivity index (χ1v) is 5.24. The third-order valence-electron chi connectivity index (χ3n) is 2.58. The van der Waals surface area contributed by atoms with Crippen LogP contribution in [0, 0.1) is 0 Å². The van der Waals surface area contributed by atoms with E-state index in [1.165, 1.54) is 31.6 Å². The molecule has 0 aliphatic carbocycles. The van der Waals surface area contributed by atoms with E-state index in [0.29, 0.717) is 0 Å². The van der Waals surface area contributed by atoms with Gasteiger partial charge in [-0.15, -0.1) is 0 Å². The fraction of sp³-hybridized carbons (Fsp3) is 0.417. The summed E-state index contributed by atoms with van der Waals surface area (Å²) in [5, 5.41) is 0. The van der Waals surface area contributed by atoms with Gasteiger partial charge in [0.2, 0.25) is 0 Å². The Morgan fingerprint density at radius 1 is 1.29 bits per heavy atom. The number of hydrogen-bond donors (Lipinski definition) is 0. The van der Waals surface area contributed by atoms with Crippen LogP contribution in [0.5, 0.6) is 0 Å². The van der Waals surface area contributed by atoms with Crippen LogP contribution in [0.3, 0.4) is 0 Å². The van der Waals surface area contributed by atoms with Crippen molar-refractivity contribution in [1.82, 2.24) is 4.98 Å². The molecule has 14 heavy (non-hydrogen) atoms. The van der Waals surface area contributed by atoms with E-state index in [9.17, 15) is 0 Å². The highest BCUT2D eigenvalue weighted by Gasteiger charge is 2.11. The summed E-state index contributed by atoms with van der Waals surface area (Å²) in [6.07, 6.45) is 8.64. The molecular weight excluding hydrogens is 172 g/mol. The van der Waals surface area contributed by atoms with E-state index in [-0.39, 0.29) is 0 Å². The summed E-state index contributed by atoms with van der Waals surface area (Å²) in [7, 11) is 0. The van der Waals surface area contributed by atoms with Gasteiger partial charge in [-0.25, -0.2) is 0 Å². The zero-order chi connectivity index (χ0) is 9.80. The Balaban J connectivity index is 2.12. The molecule has 0 unspecified atom stereocenters. The van der Waals surface area contributed by atoms with E-state index < -0.39 is 0 Å². The van der Waals surface area contributed by atoms with Crippen molar-refractivity contribution in [2.24, 2.45) is 0 Å². The van der Waals surface area contributed by atoms with Gasteiger partial charge < -0.3 is 4.90 Å². The number of hydrogen-bond acceptors (Lipinski definition) is 2. The lowest BCUT2D eigenvalue weighted by atomic mass is 10.3. The van der Waals surface area contributed by atoms with Gasteiger partial charge in [0.1, 0.15) is 0 Å². The minimum Gasteiger partial charge on any atom is -0.370 e. The molecule has 1 saturated heterocycles. The van der Waals surface area contributed by atoms with E-state index in [2.05, 4.69) is 22.0 Å². The van der Waals surface area contributed by atoms with Crippen LogP contribution in [0.25, 0.3) is 6.08 Å². The lowest BCUT2D eigenvalue weighted by Gasteiger charge is -2.16. The molecule has 2 rings (SSSR count). The zero-order valence-corrected chi connectivity index (χ0v) is 8.61. The molecule has 1 aliphatic heterocycles. The van der Waals surface area contributed by atoms with Crippen LogP contribution in [0.4, 0.5) is 5.69 Å². The number of anilines is 1. The second-order valence-corrected chi connectivity index (χ2v) is 3.64. The predicted molar refractivity (Wildman–Crippen MR) is 60.4 cm³/mol. The maximum Gasteiger partial charge on any atom is 0.0628 e. The van der Waals surface area contributed by atoms with Gasteiger partial charge in [-0.2, -0.15) is 0 Å². The molecule has 2 heteroatoms. The minimum atomic E-state index is 1.04. The Bertz CT molecular complexity index is 308. The third kappa shape index (κ3) is 1.95. The SMILES string of the molecule is C/C=C/c1ccc(N2CCCC2)cn1. The summed E-state index contributed by atoms with van der Waals surface area (Å²) in [6, 6.07) is 4.24.